The first kappa shape index (κ1) is 16.4. The van der Waals surface area contributed by atoms with E-state index in [9.17, 15) is 22.4 Å². The Morgan fingerprint density at radius 2 is 1.95 bits per heavy atom. The maximum atomic E-state index is 13.4. The minimum atomic E-state index is -4.91. The smallest absolute Gasteiger partial charge is 0.423 e. The predicted molar refractivity (Wildman–Crippen MR) is 77.4 cm³/mol. The number of benzene rings is 1. The van der Waals surface area contributed by atoms with Crippen molar-refractivity contribution < 1.29 is 22.4 Å². The molecule has 21 heavy (non-hydrogen) atoms. The van der Waals surface area contributed by atoms with Gasteiger partial charge in [-0.15, -0.1) is 3.89 Å². The molecular formula is C12H18BFN2O4S. The maximum absolute atomic E-state index is 13.4. The summed E-state index contributed by atoms with van der Waals surface area (Å²) in [7, 11) is -6.75. The molecule has 0 aliphatic carbocycles. The number of hydrogen-bond acceptors (Lipinski definition) is 6. The van der Waals surface area contributed by atoms with Crippen molar-refractivity contribution in [2.24, 2.45) is 0 Å². The minimum absolute atomic E-state index is 0.0260. The largest absolute Gasteiger partial charge is 0.488 e. The molecule has 1 saturated heterocycles. The third-order valence-corrected chi connectivity index (χ3v) is 4.60. The van der Waals surface area contributed by atoms with Gasteiger partial charge in [0, 0.05) is 32.7 Å². The Morgan fingerprint density at radius 1 is 1.33 bits per heavy atom. The number of nitrogens with zero attached hydrogens (tertiary/aromatic N) is 1. The molecule has 0 bridgehead atoms. The standard InChI is InChI=1S/C12H18BFN2O4S/c1-9-10(8-16-4-2-15-3-5-16)6-11(13(17)18)7-12(9)21(14,19)20/h6-7,15,17-18H,2-5,8H2,1H3. The molecule has 1 aromatic carbocycles. The molecule has 0 unspecified atom stereocenters. The predicted octanol–water partition coefficient (Wildman–Crippen LogP) is -1.26. The molecular weight excluding hydrogens is 298 g/mol. The molecule has 1 aliphatic rings. The van der Waals surface area contributed by atoms with Crippen molar-refractivity contribution in [3.05, 3.63) is 23.3 Å². The van der Waals surface area contributed by atoms with E-state index in [0.29, 0.717) is 17.7 Å². The van der Waals surface area contributed by atoms with E-state index in [2.05, 4.69) is 10.2 Å². The van der Waals surface area contributed by atoms with Crippen molar-refractivity contribution in [2.45, 2.75) is 18.4 Å². The molecule has 116 valence electrons. The average molecular weight is 316 g/mol. The van der Waals surface area contributed by atoms with Crippen LogP contribution in [0, 0.1) is 6.92 Å². The normalized spacial score (nSPS) is 17.0. The van der Waals surface area contributed by atoms with Gasteiger partial charge in [0.2, 0.25) is 0 Å². The highest BCUT2D eigenvalue weighted by atomic mass is 32.3. The number of piperazine rings is 1. The summed E-state index contributed by atoms with van der Waals surface area (Å²) in [6, 6.07) is 2.48. The molecule has 0 aromatic heterocycles. The Balaban J connectivity index is 2.41. The molecule has 1 aliphatic heterocycles. The van der Waals surface area contributed by atoms with E-state index in [1.807, 2.05) is 0 Å². The van der Waals surface area contributed by atoms with E-state index >= 15 is 0 Å². The van der Waals surface area contributed by atoms with Crippen LogP contribution >= 0.6 is 0 Å². The Labute approximate surface area is 123 Å². The fourth-order valence-electron chi connectivity index (χ4n) is 2.45. The lowest BCUT2D eigenvalue weighted by Crippen LogP contribution is -2.43. The van der Waals surface area contributed by atoms with Gasteiger partial charge in [0.25, 0.3) is 0 Å². The zero-order valence-corrected chi connectivity index (χ0v) is 12.5. The van der Waals surface area contributed by atoms with Crippen molar-refractivity contribution >= 4 is 22.8 Å². The van der Waals surface area contributed by atoms with Gasteiger partial charge in [-0.1, -0.05) is 6.07 Å². The van der Waals surface area contributed by atoms with Crippen LogP contribution in [0.3, 0.4) is 0 Å². The Bertz CT molecular complexity index is 618. The summed E-state index contributed by atoms with van der Waals surface area (Å²) in [6.07, 6.45) is 0. The van der Waals surface area contributed by atoms with Gasteiger partial charge in [-0.05, 0) is 29.6 Å². The van der Waals surface area contributed by atoms with Crippen LogP contribution in [-0.2, 0) is 16.8 Å². The summed E-state index contributed by atoms with van der Waals surface area (Å²) in [4.78, 5) is 1.60. The molecule has 9 heteroatoms. The van der Waals surface area contributed by atoms with E-state index in [1.165, 1.54) is 13.0 Å². The first-order chi connectivity index (χ1) is 9.79. The first-order valence-electron chi connectivity index (χ1n) is 6.66. The number of nitrogens with one attached hydrogen (secondary N) is 1. The third-order valence-electron chi connectivity index (χ3n) is 3.65. The van der Waals surface area contributed by atoms with Gasteiger partial charge in [-0.3, -0.25) is 4.90 Å². The summed E-state index contributed by atoms with van der Waals surface area (Å²) in [6.45, 7) is 5.21. The van der Waals surface area contributed by atoms with E-state index in [0.717, 1.165) is 32.2 Å². The van der Waals surface area contributed by atoms with Crippen molar-refractivity contribution in [3.63, 3.8) is 0 Å². The monoisotopic (exact) mass is 316 g/mol. The summed E-state index contributed by atoms with van der Waals surface area (Å²) >= 11 is 0. The van der Waals surface area contributed by atoms with Crippen LogP contribution in [0.15, 0.2) is 17.0 Å². The highest BCUT2D eigenvalue weighted by molar-refractivity contribution is 7.86. The van der Waals surface area contributed by atoms with Gasteiger partial charge >= 0.3 is 17.3 Å². The lowest BCUT2D eigenvalue weighted by Gasteiger charge is -2.28. The first-order valence-corrected chi connectivity index (χ1v) is 8.04. The lowest BCUT2D eigenvalue weighted by atomic mass is 9.79. The summed E-state index contributed by atoms with van der Waals surface area (Å²) in [5, 5.41) is 21.7. The van der Waals surface area contributed by atoms with Gasteiger partial charge in [0.15, 0.2) is 0 Å². The highest BCUT2D eigenvalue weighted by Gasteiger charge is 2.23. The van der Waals surface area contributed by atoms with Gasteiger partial charge in [-0.2, -0.15) is 8.42 Å². The van der Waals surface area contributed by atoms with Gasteiger partial charge in [-0.25, -0.2) is 0 Å². The van der Waals surface area contributed by atoms with Gasteiger partial charge in [0.05, 0.1) is 0 Å². The second-order valence-electron chi connectivity index (χ2n) is 5.14. The third kappa shape index (κ3) is 4.01. The van der Waals surface area contributed by atoms with Crippen molar-refractivity contribution in [1.82, 2.24) is 10.2 Å². The number of hydrogen-bond donors (Lipinski definition) is 3. The van der Waals surface area contributed by atoms with Gasteiger partial charge in [0.1, 0.15) is 4.90 Å². The van der Waals surface area contributed by atoms with Crippen LogP contribution in [0.4, 0.5) is 3.89 Å². The molecule has 0 amide bonds. The van der Waals surface area contributed by atoms with Crippen LogP contribution in [-0.4, -0.2) is 56.7 Å². The van der Waals surface area contributed by atoms with E-state index in [4.69, 9.17) is 0 Å². The van der Waals surface area contributed by atoms with Crippen LogP contribution in [0.1, 0.15) is 11.1 Å². The van der Waals surface area contributed by atoms with E-state index in [-0.39, 0.29) is 5.46 Å². The zero-order valence-electron chi connectivity index (χ0n) is 11.7. The Hall–Kier alpha value is -0.995. The molecule has 3 N–H and O–H groups in total. The minimum Gasteiger partial charge on any atom is -0.423 e. The molecule has 0 radical (unpaired) electrons. The second kappa shape index (κ2) is 6.41. The van der Waals surface area contributed by atoms with Crippen molar-refractivity contribution in [2.75, 3.05) is 26.2 Å². The zero-order chi connectivity index (χ0) is 15.6. The van der Waals surface area contributed by atoms with E-state index < -0.39 is 22.2 Å². The molecule has 1 aromatic rings. The number of rotatable bonds is 4. The highest BCUT2D eigenvalue weighted by Crippen LogP contribution is 2.21. The van der Waals surface area contributed by atoms with E-state index in [1.54, 1.807) is 0 Å². The second-order valence-corrected chi connectivity index (χ2v) is 6.46. The fraction of sp³-hybridized carbons (Fsp3) is 0.500. The molecule has 0 spiro atoms. The van der Waals surface area contributed by atoms with Crippen molar-refractivity contribution in [1.29, 1.82) is 0 Å². The summed E-state index contributed by atoms with van der Waals surface area (Å²) < 4.78 is 35.8. The Morgan fingerprint density at radius 3 is 2.48 bits per heavy atom. The summed E-state index contributed by atoms with van der Waals surface area (Å²) in [5.74, 6) is 0. The quantitative estimate of drug-likeness (QED) is 0.474. The van der Waals surface area contributed by atoms with Crippen LogP contribution in [0.5, 0.6) is 0 Å². The molecule has 0 atom stereocenters. The maximum Gasteiger partial charge on any atom is 0.488 e. The van der Waals surface area contributed by atoms with Crippen LogP contribution in [0.2, 0.25) is 0 Å². The average Bonchev–Trinajstić information content (AvgIpc) is 2.40. The molecule has 0 saturated carbocycles. The number of halogens is 1. The Kier molecular flexibility index (Phi) is 5.00. The van der Waals surface area contributed by atoms with Crippen molar-refractivity contribution in [3.8, 4) is 0 Å². The molecule has 1 heterocycles. The summed E-state index contributed by atoms with van der Waals surface area (Å²) in [5.41, 5.74) is 0.862. The molecule has 6 nitrogen and oxygen atoms in total. The van der Waals surface area contributed by atoms with Crippen LogP contribution in [0.25, 0.3) is 0 Å². The van der Waals surface area contributed by atoms with Gasteiger partial charge < -0.3 is 15.4 Å². The molecule has 2 rings (SSSR count). The lowest BCUT2D eigenvalue weighted by molar-refractivity contribution is 0.232. The SMILES string of the molecule is Cc1c(CN2CCNCC2)cc(B(O)O)cc1S(=O)(=O)F. The molecule has 1 fully saturated rings. The van der Waals surface area contributed by atoms with Crippen LogP contribution < -0.4 is 10.8 Å². The fourth-order valence-corrected chi connectivity index (χ4v) is 3.22. The topological polar surface area (TPSA) is 89.9 Å².